The van der Waals surface area contributed by atoms with E-state index in [4.69, 9.17) is 5.73 Å². The van der Waals surface area contributed by atoms with Crippen molar-refractivity contribution in [1.82, 2.24) is 4.90 Å². The molecule has 2 unspecified atom stereocenters. The van der Waals surface area contributed by atoms with E-state index in [1.165, 1.54) is 6.42 Å². The first kappa shape index (κ1) is 16.5. The number of nitrogens with zero attached hydrogens (tertiary/aromatic N) is 1. The van der Waals surface area contributed by atoms with Crippen molar-refractivity contribution in [1.29, 1.82) is 0 Å². The van der Waals surface area contributed by atoms with Crippen LogP contribution >= 0.6 is 0 Å². The molecule has 1 rings (SSSR count). The molecular weight excluding hydrogens is 236 g/mol. The molecule has 0 aromatic heterocycles. The van der Waals surface area contributed by atoms with Crippen LogP contribution < -0.4 is 5.73 Å². The maximum atomic E-state index is 12.5. The summed E-state index contributed by atoms with van der Waals surface area (Å²) in [6, 6.07) is -0.390. The first-order chi connectivity index (χ1) is 8.53. The van der Waals surface area contributed by atoms with E-state index < -0.39 is 6.04 Å². The number of amides is 1. The Morgan fingerprint density at radius 1 is 1.11 bits per heavy atom. The second-order valence-corrected chi connectivity index (χ2v) is 8.16. The molecule has 1 fully saturated rings. The molecule has 0 aromatic rings. The molecule has 112 valence electrons. The molecule has 19 heavy (non-hydrogen) atoms. The summed E-state index contributed by atoms with van der Waals surface area (Å²) in [5, 5.41) is 0. The summed E-state index contributed by atoms with van der Waals surface area (Å²) in [5.41, 5.74) is 6.28. The summed E-state index contributed by atoms with van der Waals surface area (Å²) in [7, 11) is 0. The van der Waals surface area contributed by atoms with Crippen LogP contribution in [0.4, 0.5) is 0 Å². The van der Waals surface area contributed by atoms with E-state index in [0.717, 1.165) is 25.9 Å². The maximum absolute atomic E-state index is 12.5. The minimum Gasteiger partial charge on any atom is -0.341 e. The highest BCUT2D eigenvalue weighted by atomic mass is 16.2. The predicted molar refractivity (Wildman–Crippen MR) is 80.8 cm³/mol. The van der Waals surface area contributed by atoms with Crippen molar-refractivity contribution in [3.63, 3.8) is 0 Å². The first-order valence-electron chi connectivity index (χ1n) is 7.58. The molecule has 2 atom stereocenters. The standard InChI is InChI=1S/C16H32N2O/c1-15(2,3)12-8-7-10-18(11-9-12)14(19)13(17)16(4,5)6/h12-13H,7-11,17H2,1-6H3. The number of likely N-dealkylation sites (tertiary alicyclic amines) is 1. The Kier molecular flexibility index (Phi) is 5.05. The molecule has 0 radical (unpaired) electrons. The van der Waals surface area contributed by atoms with Gasteiger partial charge in [-0.15, -0.1) is 0 Å². The monoisotopic (exact) mass is 268 g/mol. The summed E-state index contributed by atoms with van der Waals surface area (Å²) in [5.74, 6) is 0.832. The van der Waals surface area contributed by atoms with Crippen LogP contribution in [0.15, 0.2) is 0 Å². The van der Waals surface area contributed by atoms with E-state index in [0.29, 0.717) is 11.3 Å². The highest BCUT2D eigenvalue weighted by molar-refractivity contribution is 5.82. The fraction of sp³-hybridized carbons (Fsp3) is 0.938. The van der Waals surface area contributed by atoms with Crippen molar-refractivity contribution < 1.29 is 4.79 Å². The average molecular weight is 268 g/mol. The summed E-state index contributed by atoms with van der Waals surface area (Å²) in [4.78, 5) is 14.4. The summed E-state index contributed by atoms with van der Waals surface area (Å²) in [6.45, 7) is 14.7. The molecule has 1 amide bonds. The quantitative estimate of drug-likeness (QED) is 0.794. The second-order valence-electron chi connectivity index (χ2n) is 8.16. The van der Waals surface area contributed by atoms with Gasteiger partial charge in [-0.2, -0.15) is 0 Å². The normalized spacial score (nSPS) is 23.9. The Morgan fingerprint density at radius 2 is 1.68 bits per heavy atom. The van der Waals surface area contributed by atoms with Gasteiger partial charge in [0.25, 0.3) is 0 Å². The number of carbonyl (C=O) groups is 1. The van der Waals surface area contributed by atoms with Crippen molar-refractivity contribution in [3.05, 3.63) is 0 Å². The zero-order chi connectivity index (χ0) is 14.8. The minimum atomic E-state index is -0.390. The number of carbonyl (C=O) groups excluding carboxylic acids is 1. The lowest BCUT2D eigenvalue weighted by atomic mass is 9.77. The molecule has 3 heteroatoms. The minimum absolute atomic E-state index is 0.127. The predicted octanol–water partition coefficient (Wildman–Crippen LogP) is 3.03. The molecule has 3 nitrogen and oxygen atoms in total. The number of hydrogen-bond donors (Lipinski definition) is 1. The molecule has 1 aliphatic heterocycles. The fourth-order valence-electron chi connectivity index (χ4n) is 2.75. The van der Waals surface area contributed by atoms with E-state index in [-0.39, 0.29) is 11.3 Å². The van der Waals surface area contributed by atoms with Gasteiger partial charge in [-0.3, -0.25) is 4.79 Å². The van der Waals surface area contributed by atoms with Crippen molar-refractivity contribution in [2.45, 2.75) is 66.8 Å². The van der Waals surface area contributed by atoms with Gasteiger partial charge in [-0.05, 0) is 36.0 Å². The van der Waals surface area contributed by atoms with Crippen LogP contribution in [0.5, 0.6) is 0 Å². The van der Waals surface area contributed by atoms with E-state index >= 15 is 0 Å². The molecule has 1 saturated heterocycles. The highest BCUT2D eigenvalue weighted by Crippen LogP contribution is 2.34. The molecular formula is C16H32N2O. The lowest BCUT2D eigenvalue weighted by Crippen LogP contribution is -2.50. The molecule has 2 N–H and O–H groups in total. The highest BCUT2D eigenvalue weighted by Gasteiger charge is 2.33. The second kappa shape index (κ2) is 5.82. The van der Waals surface area contributed by atoms with E-state index in [9.17, 15) is 4.79 Å². The van der Waals surface area contributed by atoms with Crippen LogP contribution in [0, 0.1) is 16.7 Å². The molecule has 0 spiro atoms. The van der Waals surface area contributed by atoms with Crippen molar-refractivity contribution >= 4 is 5.91 Å². The number of nitrogens with two attached hydrogens (primary N) is 1. The summed E-state index contributed by atoms with van der Waals surface area (Å²) in [6.07, 6.45) is 3.43. The molecule has 0 aromatic carbocycles. The van der Waals surface area contributed by atoms with Crippen molar-refractivity contribution in [2.24, 2.45) is 22.5 Å². The van der Waals surface area contributed by atoms with Crippen LogP contribution in [-0.4, -0.2) is 29.9 Å². The lowest BCUT2D eigenvalue weighted by Gasteiger charge is -2.32. The number of rotatable bonds is 1. The van der Waals surface area contributed by atoms with E-state index in [2.05, 4.69) is 20.8 Å². The van der Waals surface area contributed by atoms with Crippen LogP contribution in [0.1, 0.15) is 60.8 Å². The summed E-state index contributed by atoms with van der Waals surface area (Å²) >= 11 is 0. The molecule has 0 bridgehead atoms. The van der Waals surface area contributed by atoms with E-state index in [1.807, 2.05) is 25.7 Å². The smallest absolute Gasteiger partial charge is 0.240 e. The van der Waals surface area contributed by atoms with Gasteiger partial charge in [0.1, 0.15) is 0 Å². The largest absolute Gasteiger partial charge is 0.341 e. The Labute approximate surface area is 118 Å². The fourth-order valence-corrected chi connectivity index (χ4v) is 2.75. The van der Waals surface area contributed by atoms with Crippen LogP contribution in [0.3, 0.4) is 0 Å². The number of hydrogen-bond acceptors (Lipinski definition) is 2. The van der Waals surface area contributed by atoms with Gasteiger partial charge in [-0.1, -0.05) is 41.5 Å². The first-order valence-corrected chi connectivity index (χ1v) is 7.58. The third kappa shape index (κ3) is 4.48. The maximum Gasteiger partial charge on any atom is 0.240 e. The zero-order valence-electron chi connectivity index (χ0n) is 13.6. The van der Waals surface area contributed by atoms with Crippen LogP contribution in [0.25, 0.3) is 0 Å². The van der Waals surface area contributed by atoms with Gasteiger partial charge in [0, 0.05) is 13.1 Å². The zero-order valence-corrected chi connectivity index (χ0v) is 13.6. The molecule has 0 aliphatic carbocycles. The average Bonchev–Trinajstić information content (AvgIpc) is 2.50. The lowest BCUT2D eigenvalue weighted by molar-refractivity contribution is -0.135. The van der Waals surface area contributed by atoms with E-state index in [1.54, 1.807) is 0 Å². The van der Waals surface area contributed by atoms with Gasteiger partial charge in [-0.25, -0.2) is 0 Å². The van der Waals surface area contributed by atoms with Gasteiger partial charge in [0.15, 0.2) is 0 Å². The van der Waals surface area contributed by atoms with Crippen molar-refractivity contribution in [2.75, 3.05) is 13.1 Å². The Balaban J connectivity index is 2.65. The summed E-state index contributed by atoms with van der Waals surface area (Å²) < 4.78 is 0. The van der Waals surface area contributed by atoms with Gasteiger partial charge < -0.3 is 10.6 Å². The Bertz CT molecular complexity index is 312. The molecule has 1 heterocycles. The van der Waals surface area contributed by atoms with Gasteiger partial charge in [0.05, 0.1) is 6.04 Å². The van der Waals surface area contributed by atoms with Crippen molar-refractivity contribution in [3.8, 4) is 0 Å². The van der Waals surface area contributed by atoms with Crippen LogP contribution in [0.2, 0.25) is 0 Å². The third-order valence-electron chi connectivity index (χ3n) is 4.46. The Hall–Kier alpha value is -0.570. The Morgan fingerprint density at radius 3 is 2.16 bits per heavy atom. The third-order valence-corrected chi connectivity index (χ3v) is 4.46. The van der Waals surface area contributed by atoms with Crippen LogP contribution in [-0.2, 0) is 4.79 Å². The topological polar surface area (TPSA) is 46.3 Å². The molecule has 1 aliphatic rings. The van der Waals surface area contributed by atoms with Gasteiger partial charge in [0.2, 0.25) is 5.91 Å². The van der Waals surface area contributed by atoms with Gasteiger partial charge >= 0.3 is 0 Å². The SMILES string of the molecule is CC(C)(C)C1CCCN(C(=O)C(N)C(C)(C)C)CC1. The molecule has 0 saturated carbocycles.